The molecule has 4 nitrogen and oxygen atoms in total. The van der Waals surface area contributed by atoms with Crippen LogP contribution in [0.3, 0.4) is 0 Å². The number of methoxy groups -OCH3 is 1. The number of esters is 1. The molecule has 1 aromatic heterocycles. The fourth-order valence-electron chi connectivity index (χ4n) is 1.74. The second-order valence-electron chi connectivity index (χ2n) is 3.85. The number of nitrogens with zero attached hydrogens (tertiary/aromatic N) is 2. The Labute approximate surface area is 93.9 Å². The number of ether oxygens (including phenoxy) is 1. The highest BCUT2D eigenvalue weighted by atomic mass is 16.5. The molecule has 1 unspecified atom stereocenters. The molecule has 0 aliphatic rings. The molecule has 4 heteroatoms. The van der Waals surface area contributed by atoms with Crippen molar-refractivity contribution in [3.63, 3.8) is 0 Å². The molecule has 0 aliphatic heterocycles. The summed E-state index contributed by atoms with van der Waals surface area (Å²) in [6.45, 7) is 1.83. The smallest absolute Gasteiger partial charge is 0.312 e. The standard InChI is InChI=1S/C12H14N2O2/c1-8(12(15)16-3)9-4-5-11-10(6-9)13-7-14(11)2/h4-8H,1-3H3. The van der Waals surface area contributed by atoms with Crippen LogP contribution in [0.1, 0.15) is 18.4 Å². The average Bonchev–Trinajstić information content (AvgIpc) is 2.68. The number of carbonyl (C=O) groups is 1. The van der Waals surface area contributed by atoms with Gasteiger partial charge in [-0.25, -0.2) is 4.98 Å². The molecule has 2 rings (SSSR count). The molecule has 0 spiro atoms. The zero-order valence-corrected chi connectivity index (χ0v) is 9.60. The summed E-state index contributed by atoms with van der Waals surface area (Å²) in [7, 11) is 3.34. The number of imidazole rings is 1. The van der Waals surface area contributed by atoms with Crippen molar-refractivity contribution < 1.29 is 9.53 Å². The molecule has 0 amide bonds. The van der Waals surface area contributed by atoms with Crippen LogP contribution in [0.5, 0.6) is 0 Å². The van der Waals surface area contributed by atoms with Gasteiger partial charge in [0.2, 0.25) is 0 Å². The van der Waals surface area contributed by atoms with Gasteiger partial charge < -0.3 is 9.30 Å². The summed E-state index contributed by atoms with van der Waals surface area (Å²) in [5.41, 5.74) is 2.88. The lowest BCUT2D eigenvalue weighted by Gasteiger charge is -2.09. The van der Waals surface area contributed by atoms with Gasteiger partial charge in [0.25, 0.3) is 0 Å². The fourth-order valence-corrected chi connectivity index (χ4v) is 1.74. The predicted molar refractivity (Wildman–Crippen MR) is 61.1 cm³/mol. The van der Waals surface area contributed by atoms with Crippen molar-refractivity contribution in [1.82, 2.24) is 9.55 Å². The lowest BCUT2D eigenvalue weighted by molar-refractivity contribution is -0.141. The summed E-state index contributed by atoms with van der Waals surface area (Å²) in [6.07, 6.45) is 1.76. The minimum absolute atomic E-state index is 0.227. The molecule has 0 radical (unpaired) electrons. The zero-order chi connectivity index (χ0) is 11.7. The van der Waals surface area contributed by atoms with E-state index in [1.54, 1.807) is 6.33 Å². The Bertz CT molecular complexity index is 531. The van der Waals surface area contributed by atoms with E-state index in [0.29, 0.717) is 0 Å². The summed E-state index contributed by atoms with van der Waals surface area (Å²) in [5, 5.41) is 0. The molecular weight excluding hydrogens is 204 g/mol. The van der Waals surface area contributed by atoms with E-state index in [2.05, 4.69) is 4.98 Å². The van der Waals surface area contributed by atoms with E-state index in [4.69, 9.17) is 4.74 Å². The van der Waals surface area contributed by atoms with Gasteiger partial charge in [-0.15, -0.1) is 0 Å². The summed E-state index contributed by atoms with van der Waals surface area (Å²) < 4.78 is 6.67. The zero-order valence-electron chi connectivity index (χ0n) is 9.60. The van der Waals surface area contributed by atoms with Gasteiger partial charge in [-0.3, -0.25) is 4.79 Å². The first-order chi connectivity index (χ1) is 7.63. The molecule has 0 N–H and O–H groups in total. The first-order valence-electron chi connectivity index (χ1n) is 5.12. The number of carbonyl (C=O) groups excluding carboxylic acids is 1. The number of fused-ring (bicyclic) bond motifs is 1. The maximum Gasteiger partial charge on any atom is 0.312 e. The highest BCUT2D eigenvalue weighted by Gasteiger charge is 2.16. The van der Waals surface area contributed by atoms with Gasteiger partial charge in [0.15, 0.2) is 0 Å². The summed E-state index contributed by atoms with van der Waals surface area (Å²) in [5.74, 6) is -0.480. The number of rotatable bonds is 2. The summed E-state index contributed by atoms with van der Waals surface area (Å²) in [4.78, 5) is 15.7. The van der Waals surface area contributed by atoms with Crippen LogP contribution in [0.2, 0.25) is 0 Å². The molecular formula is C12H14N2O2. The highest BCUT2D eigenvalue weighted by Crippen LogP contribution is 2.21. The SMILES string of the molecule is COC(=O)C(C)c1ccc2c(c1)ncn2C. The van der Waals surface area contributed by atoms with Gasteiger partial charge in [-0.2, -0.15) is 0 Å². The Balaban J connectivity index is 2.43. The van der Waals surface area contributed by atoms with Gasteiger partial charge in [-0.05, 0) is 24.6 Å². The molecule has 0 fully saturated rings. The average molecular weight is 218 g/mol. The van der Waals surface area contributed by atoms with E-state index in [-0.39, 0.29) is 11.9 Å². The fraction of sp³-hybridized carbons (Fsp3) is 0.333. The Morgan fingerprint density at radius 2 is 2.25 bits per heavy atom. The van der Waals surface area contributed by atoms with Crippen molar-refractivity contribution in [3.05, 3.63) is 30.1 Å². The Morgan fingerprint density at radius 1 is 1.50 bits per heavy atom. The molecule has 0 saturated heterocycles. The number of hydrogen-bond donors (Lipinski definition) is 0. The Morgan fingerprint density at radius 3 is 2.94 bits per heavy atom. The van der Waals surface area contributed by atoms with Gasteiger partial charge in [0.05, 0.1) is 30.4 Å². The molecule has 1 aromatic carbocycles. The number of benzene rings is 1. The van der Waals surface area contributed by atoms with E-state index < -0.39 is 0 Å². The molecule has 0 aliphatic carbocycles. The topological polar surface area (TPSA) is 44.1 Å². The largest absolute Gasteiger partial charge is 0.469 e. The van der Waals surface area contributed by atoms with Crippen LogP contribution in [0.15, 0.2) is 24.5 Å². The lowest BCUT2D eigenvalue weighted by atomic mass is 10.0. The Kier molecular flexibility index (Phi) is 2.64. The normalized spacial score (nSPS) is 12.7. The van der Waals surface area contributed by atoms with E-state index in [1.807, 2.05) is 36.7 Å². The monoisotopic (exact) mass is 218 g/mol. The van der Waals surface area contributed by atoms with Crippen molar-refractivity contribution >= 4 is 17.0 Å². The van der Waals surface area contributed by atoms with Crippen LogP contribution in [-0.4, -0.2) is 22.6 Å². The van der Waals surface area contributed by atoms with Gasteiger partial charge in [0.1, 0.15) is 0 Å². The van der Waals surface area contributed by atoms with Gasteiger partial charge in [-0.1, -0.05) is 6.07 Å². The van der Waals surface area contributed by atoms with Crippen molar-refractivity contribution in [1.29, 1.82) is 0 Å². The second-order valence-corrected chi connectivity index (χ2v) is 3.85. The third-order valence-electron chi connectivity index (χ3n) is 2.80. The van der Waals surface area contributed by atoms with Crippen molar-refractivity contribution in [2.75, 3.05) is 7.11 Å². The molecule has 0 saturated carbocycles. The van der Waals surface area contributed by atoms with Crippen LogP contribution in [0.4, 0.5) is 0 Å². The van der Waals surface area contributed by atoms with E-state index >= 15 is 0 Å². The van der Waals surface area contributed by atoms with E-state index in [9.17, 15) is 4.79 Å². The van der Waals surface area contributed by atoms with Crippen LogP contribution in [0, 0.1) is 0 Å². The number of hydrogen-bond acceptors (Lipinski definition) is 3. The number of aromatic nitrogens is 2. The third-order valence-corrected chi connectivity index (χ3v) is 2.80. The molecule has 1 atom stereocenters. The third kappa shape index (κ3) is 1.66. The van der Waals surface area contributed by atoms with Crippen molar-refractivity contribution in [2.45, 2.75) is 12.8 Å². The van der Waals surface area contributed by atoms with Crippen LogP contribution < -0.4 is 0 Å². The summed E-state index contributed by atoms with van der Waals surface area (Å²) in [6, 6.07) is 5.83. The van der Waals surface area contributed by atoms with Crippen LogP contribution in [0.25, 0.3) is 11.0 Å². The van der Waals surface area contributed by atoms with Gasteiger partial charge >= 0.3 is 5.97 Å². The van der Waals surface area contributed by atoms with Crippen LogP contribution in [-0.2, 0) is 16.6 Å². The molecule has 1 heterocycles. The Hall–Kier alpha value is -1.84. The minimum atomic E-state index is -0.253. The maximum absolute atomic E-state index is 11.4. The van der Waals surface area contributed by atoms with E-state index in [0.717, 1.165) is 16.6 Å². The van der Waals surface area contributed by atoms with Crippen LogP contribution >= 0.6 is 0 Å². The highest BCUT2D eigenvalue weighted by molar-refractivity contribution is 5.81. The first-order valence-corrected chi connectivity index (χ1v) is 5.12. The quantitative estimate of drug-likeness (QED) is 0.722. The maximum atomic E-state index is 11.4. The van der Waals surface area contributed by atoms with E-state index in [1.165, 1.54) is 7.11 Å². The predicted octanol–water partition coefficient (Wildman–Crippen LogP) is 1.85. The van der Waals surface area contributed by atoms with Crippen molar-refractivity contribution in [3.8, 4) is 0 Å². The summed E-state index contributed by atoms with van der Waals surface area (Å²) >= 11 is 0. The van der Waals surface area contributed by atoms with Crippen molar-refractivity contribution in [2.24, 2.45) is 7.05 Å². The molecule has 84 valence electrons. The lowest BCUT2D eigenvalue weighted by Crippen LogP contribution is -2.10. The van der Waals surface area contributed by atoms with Gasteiger partial charge in [0, 0.05) is 7.05 Å². The molecule has 0 bridgehead atoms. The molecule has 16 heavy (non-hydrogen) atoms. The second kappa shape index (κ2) is 3.96. The number of aryl methyl sites for hydroxylation is 1. The molecule has 2 aromatic rings. The minimum Gasteiger partial charge on any atom is -0.469 e. The first kappa shape index (κ1) is 10.7.